The first-order valence-electron chi connectivity index (χ1n) is 8.22. The van der Waals surface area contributed by atoms with Gasteiger partial charge in [-0.25, -0.2) is 4.79 Å². The van der Waals surface area contributed by atoms with Gasteiger partial charge in [0, 0.05) is 38.4 Å². The quantitative estimate of drug-likeness (QED) is 0.875. The van der Waals surface area contributed by atoms with Gasteiger partial charge in [-0.05, 0) is 25.0 Å². The number of hydrogen-bond acceptors (Lipinski definition) is 2. The van der Waals surface area contributed by atoms with Crippen LogP contribution >= 0.6 is 0 Å². The van der Waals surface area contributed by atoms with Crippen LogP contribution in [0.15, 0.2) is 18.3 Å². The van der Waals surface area contributed by atoms with Gasteiger partial charge >= 0.3 is 6.03 Å². The molecule has 2 fully saturated rings. The van der Waals surface area contributed by atoms with E-state index in [1.165, 1.54) is 19.3 Å². The van der Waals surface area contributed by atoms with E-state index < -0.39 is 0 Å². The molecule has 1 aromatic heterocycles. The van der Waals surface area contributed by atoms with Crippen LogP contribution in [0.4, 0.5) is 4.79 Å². The van der Waals surface area contributed by atoms with Gasteiger partial charge in [-0.1, -0.05) is 19.3 Å². The molecule has 120 valence electrons. The van der Waals surface area contributed by atoms with Crippen molar-refractivity contribution >= 4 is 11.9 Å². The van der Waals surface area contributed by atoms with Crippen molar-refractivity contribution in [3.05, 3.63) is 24.0 Å². The Hall–Kier alpha value is -1.98. The minimum Gasteiger partial charge on any atom is -0.357 e. The summed E-state index contributed by atoms with van der Waals surface area (Å²) in [5.74, 6) is 0.0114. The van der Waals surface area contributed by atoms with E-state index in [2.05, 4.69) is 10.3 Å². The maximum Gasteiger partial charge on any atom is 0.317 e. The maximum absolute atomic E-state index is 12.3. The van der Waals surface area contributed by atoms with Gasteiger partial charge in [0.15, 0.2) is 0 Å². The molecule has 6 nitrogen and oxygen atoms in total. The molecule has 1 saturated heterocycles. The number of rotatable bonds is 2. The number of nitrogens with zero attached hydrogens (tertiary/aromatic N) is 2. The summed E-state index contributed by atoms with van der Waals surface area (Å²) >= 11 is 0. The normalized spacial score (nSPS) is 20.0. The van der Waals surface area contributed by atoms with Crippen LogP contribution in [0.3, 0.4) is 0 Å². The van der Waals surface area contributed by atoms with Crippen LogP contribution in [0.25, 0.3) is 0 Å². The first-order valence-corrected chi connectivity index (χ1v) is 8.22. The van der Waals surface area contributed by atoms with Crippen LogP contribution < -0.4 is 5.32 Å². The minimum atomic E-state index is 0.0114. The number of urea groups is 1. The lowest BCUT2D eigenvalue weighted by Crippen LogP contribution is -2.54. The molecule has 1 saturated carbocycles. The van der Waals surface area contributed by atoms with Gasteiger partial charge in [-0.2, -0.15) is 0 Å². The summed E-state index contributed by atoms with van der Waals surface area (Å²) in [6.45, 7) is 2.39. The SMILES string of the molecule is O=C(NC1CCCCC1)N1CCN(C(=O)c2ccc[nH]2)CC1. The molecule has 0 aromatic carbocycles. The predicted molar refractivity (Wildman–Crippen MR) is 83.7 cm³/mol. The van der Waals surface area contributed by atoms with Crippen molar-refractivity contribution in [1.82, 2.24) is 20.1 Å². The number of carbonyl (C=O) groups excluding carboxylic acids is 2. The molecule has 0 bridgehead atoms. The zero-order valence-corrected chi connectivity index (χ0v) is 12.9. The van der Waals surface area contributed by atoms with Crippen molar-refractivity contribution in [2.45, 2.75) is 38.1 Å². The van der Waals surface area contributed by atoms with Crippen LogP contribution in [0.2, 0.25) is 0 Å². The molecule has 2 heterocycles. The lowest BCUT2D eigenvalue weighted by molar-refractivity contribution is 0.0657. The zero-order valence-electron chi connectivity index (χ0n) is 12.9. The third-order valence-electron chi connectivity index (χ3n) is 4.62. The fourth-order valence-corrected chi connectivity index (χ4v) is 3.26. The second-order valence-corrected chi connectivity index (χ2v) is 6.15. The van der Waals surface area contributed by atoms with Crippen LogP contribution in [0.1, 0.15) is 42.6 Å². The molecule has 1 aliphatic heterocycles. The standard InChI is InChI=1S/C16H24N4O2/c21-15(14-7-4-8-17-14)19-9-11-20(12-10-19)16(22)18-13-5-2-1-3-6-13/h4,7-8,13,17H,1-3,5-6,9-12H2,(H,18,22). The second kappa shape index (κ2) is 6.85. The first kappa shape index (κ1) is 14.9. The largest absolute Gasteiger partial charge is 0.357 e. The van der Waals surface area contributed by atoms with Crippen LogP contribution in [-0.4, -0.2) is 58.9 Å². The van der Waals surface area contributed by atoms with Gasteiger partial charge in [0.05, 0.1) is 0 Å². The van der Waals surface area contributed by atoms with Crippen molar-refractivity contribution in [1.29, 1.82) is 0 Å². The highest BCUT2D eigenvalue weighted by Gasteiger charge is 2.26. The molecular formula is C16H24N4O2. The highest BCUT2D eigenvalue weighted by molar-refractivity contribution is 5.92. The Labute approximate surface area is 130 Å². The van der Waals surface area contributed by atoms with Crippen molar-refractivity contribution < 1.29 is 9.59 Å². The zero-order chi connectivity index (χ0) is 15.4. The molecule has 0 atom stereocenters. The molecule has 0 spiro atoms. The number of piperazine rings is 1. The van der Waals surface area contributed by atoms with E-state index in [0.29, 0.717) is 37.9 Å². The molecule has 2 aliphatic rings. The monoisotopic (exact) mass is 304 g/mol. The van der Waals surface area contributed by atoms with Crippen LogP contribution in [0.5, 0.6) is 0 Å². The Morgan fingerprint density at radius 1 is 1.05 bits per heavy atom. The Morgan fingerprint density at radius 3 is 2.36 bits per heavy atom. The van der Waals surface area contributed by atoms with Gasteiger partial charge in [0.25, 0.3) is 5.91 Å². The lowest BCUT2D eigenvalue weighted by atomic mass is 9.96. The van der Waals surface area contributed by atoms with Gasteiger partial charge in [0.2, 0.25) is 0 Å². The Morgan fingerprint density at radius 2 is 1.73 bits per heavy atom. The van der Waals surface area contributed by atoms with Crippen LogP contribution in [-0.2, 0) is 0 Å². The highest BCUT2D eigenvalue weighted by Crippen LogP contribution is 2.18. The summed E-state index contributed by atoms with van der Waals surface area (Å²) in [6, 6.07) is 3.96. The van der Waals surface area contributed by atoms with E-state index in [0.717, 1.165) is 12.8 Å². The molecule has 0 radical (unpaired) electrons. The maximum atomic E-state index is 12.3. The smallest absolute Gasteiger partial charge is 0.317 e. The van der Waals surface area contributed by atoms with Gasteiger partial charge < -0.3 is 20.1 Å². The summed E-state index contributed by atoms with van der Waals surface area (Å²) in [4.78, 5) is 31.1. The summed E-state index contributed by atoms with van der Waals surface area (Å²) in [6.07, 6.45) is 7.65. The molecule has 3 rings (SSSR count). The molecule has 2 N–H and O–H groups in total. The molecule has 3 amide bonds. The highest BCUT2D eigenvalue weighted by atomic mass is 16.2. The average Bonchev–Trinajstić information content (AvgIpc) is 3.10. The number of nitrogens with one attached hydrogen (secondary N) is 2. The molecule has 22 heavy (non-hydrogen) atoms. The van der Waals surface area contributed by atoms with E-state index >= 15 is 0 Å². The van der Waals surface area contributed by atoms with E-state index in [1.807, 2.05) is 11.0 Å². The topological polar surface area (TPSA) is 68.4 Å². The summed E-state index contributed by atoms with van der Waals surface area (Å²) in [5, 5.41) is 3.14. The number of amides is 3. The Kier molecular flexibility index (Phi) is 4.65. The fourth-order valence-electron chi connectivity index (χ4n) is 3.26. The third kappa shape index (κ3) is 3.43. The van der Waals surface area contributed by atoms with E-state index in [4.69, 9.17) is 0 Å². The molecule has 1 aromatic rings. The molecule has 6 heteroatoms. The van der Waals surface area contributed by atoms with Crippen molar-refractivity contribution in [3.8, 4) is 0 Å². The van der Waals surface area contributed by atoms with Crippen molar-refractivity contribution in [2.75, 3.05) is 26.2 Å². The first-order chi connectivity index (χ1) is 10.7. The minimum absolute atomic E-state index is 0.0114. The molecule has 0 unspecified atom stereocenters. The number of hydrogen-bond donors (Lipinski definition) is 2. The second-order valence-electron chi connectivity index (χ2n) is 6.15. The third-order valence-corrected chi connectivity index (χ3v) is 4.62. The van der Waals surface area contributed by atoms with Crippen LogP contribution in [0, 0.1) is 0 Å². The van der Waals surface area contributed by atoms with E-state index in [-0.39, 0.29) is 11.9 Å². The van der Waals surface area contributed by atoms with E-state index in [9.17, 15) is 9.59 Å². The Bertz CT molecular complexity index is 500. The number of H-pyrrole nitrogens is 1. The van der Waals surface area contributed by atoms with E-state index in [1.54, 1.807) is 17.2 Å². The average molecular weight is 304 g/mol. The van der Waals surface area contributed by atoms with Gasteiger partial charge in [-0.3, -0.25) is 4.79 Å². The summed E-state index contributed by atoms with van der Waals surface area (Å²) in [5.41, 5.74) is 0.611. The number of aromatic nitrogens is 1. The van der Waals surface area contributed by atoms with Gasteiger partial charge in [-0.15, -0.1) is 0 Å². The number of aromatic amines is 1. The summed E-state index contributed by atoms with van der Waals surface area (Å²) < 4.78 is 0. The number of carbonyl (C=O) groups is 2. The predicted octanol–water partition coefficient (Wildman–Crippen LogP) is 1.81. The van der Waals surface area contributed by atoms with Crippen molar-refractivity contribution in [3.63, 3.8) is 0 Å². The molecular weight excluding hydrogens is 280 g/mol. The lowest BCUT2D eigenvalue weighted by Gasteiger charge is -2.35. The molecule has 1 aliphatic carbocycles. The van der Waals surface area contributed by atoms with Crippen molar-refractivity contribution in [2.24, 2.45) is 0 Å². The Balaban J connectivity index is 1.46. The summed E-state index contributed by atoms with van der Waals surface area (Å²) in [7, 11) is 0. The fraction of sp³-hybridized carbons (Fsp3) is 0.625. The van der Waals surface area contributed by atoms with Gasteiger partial charge in [0.1, 0.15) is 5.69 Å².